The lowest BCUT2D eigenvalue weighted by molar-refractivity contribution is -0.131. The lowest BCUT2D eigenvalue weighted by atomic mass is 9.82. The molecule has 78 valence electrons. The number of carbonyl (C=O) groups is 2. The van der Waals surface area contributed by atoms with Crippen LogP contribution in [0.25, 0.3) is 0 Å². The van der Waals surface area contributed by atoms with E-state index in [1.54, 1.807) is 24.3 Å². The molecule has 1 aromatic carbocycles. The van der Waals surface area contributed by atoms with Crippen LogP contribution < -0.4 is 0 Å². The van der Waals surface area contributed by atoms with E-state index in [9.17, 15) is 9.59 Å². The zero-order valence-corrected chi connectivity index (χ0v) is 8.96. The van der Waals surface area contributed by atoms with Gasteiger partial charge in [0.1, 0.15) is 17.5 Å². The second-order valence-electron chi connectivity index (χ2n) is 3.77. The third-order valence-corrected chi connectivity index (χ3v) is 2.91. The lowest BCUT2D eigenvalue weighted by Gasteiger charge is -2.19. The quantitative estimate of drug-likeness (QED) is 0.685. The fraction of sp³-hybridized carbons (Fsp3) is 0.333. The first-order chi connectivity index (χ1) is 7.18. The molecular formula is C12H11ClO2. The van der Waals surface area contributed by atoms with Gasteiger partial charge in [0.15, 0.2) is 0 Å². The summed E-state index contributed by atoms with van der Waals surface area (Å²) in [4.78, 5) is 23.3. The summed E-state index contributed by atoms with van der Waals surface area (Å²) in [5.41, 5.74) is 0.734. The SMILES string of the molecule is O=C1CCCC(=O)C1c1cccc(Cl)c1. The summed E-state index contributed by atoms with van der Waals surface area (Å²) in [6, 6.07) is 7.00. The lowest BCUT2D eigenvalue weighted by Crippen LogP contribution is -2.26. The molecule has 0 aliphatic heterocycles. The van der Waals surface area contributed by atoms with Gasteiger partial charge in [-0.05, 0) is 24.1 Å². The summed E-state index contributed by atoms with van der Waals surface area (Å²) in [7, 11) is 0. The first-order valence-corrected chi connectivity index (χ1v) is 5.37. The van der Waals surface area contributed by atoms with E-state index in [4.69, 9.17) is 11.6 Å². The van der Waals surface area contributed by atoms with E-state index in [1.165, 1.54) is 0 Å². The van der Waals surface area contributed by atoms with Gasteiger partial charge in [-0.3, -0.25) is 9.59 Å². The van der Waals surface area contributed by atoms with Gasteiger partial charge in [0.2, 0.25) is 0 Å². The highest BCUT2D eigenvalue weighted by molar-refractivity contribution is 6.30. The van der Waals surface area contributed by atoms with Crippen molar-refractivity contribution in [1.29, 1.82) is 0 Å². The molecule has 0 heterocycles. The van der Waals surface area contributed by atoms with Crippen LogP contribution >= 0.6 is 11.6 Å². The van der Waals surface area contributed by atoms with E-state index in [0.717, 1.165) is 5.56 Å². The summed E-state index contributed by atoms with van der Waals surface area (Å²) in [6.07, 6.45) is 1.70. The van der Waals surface area contributed by atoms with Crippen molar-refractivity contribution >= 4 is 23.2 Å². The maximum absolute atomic E-state index is 11.7. The van der Waals surface area contributed by atoms with Crippen molar-refractivity contribution in [2.45, 2.75) is 25.2 Å². The van der Waals surface area contributed by atoms with Gasteiger partial charge in [-0.1, -0.05) is 23.7 Å². The predicted octanol–water partition coefficient (Wildman–Crippen LogP) is 2.75. The molecule has 0 saturated heterocycles. The van der Waals surface area contributed by atoms with Crippen molar-refractivity contribution in [3.8, 4) is 0 Å². The molecule has 15 heavy (non-hydrogen) atoms. The molecule has 0 atom stereocenters. The maximum Gasteiger partial charge on any atom is 0.147 e. The number of hydrogen-bond acceptors (Lipinski definition) is 2. The summed E-state index contributed by atoms with van der Waals surface area (Å²) >= 11 is 5.84. The summed E-state index contributed by atoms with van der Waals surface area (Å²) in [5, 5.41) is 0.568. The number of rotatable bonds is 1. The largest absolute Gasteiger partial charge is 0.299 e. The monoisotopic (exact) mass is 222 g/mol. The zero-order valence-electron chi connectivity index (χ0n) is 8.20. The highest BCUT2D eigenvalue weighted by atomic mass is 35.5. The Morgan fingerprint density at radius 2 is 1.80 bits per heavy atom. The van der Waals surface area contributed by atoms with Crippen LogP contribution in [0.1, 0.15) is 30.7 Å². The van der Waals surface area contributed by atoms with Crippen molar-refractivity contribution in [1.82, 2.24) is 0 Å². The van der Waals surface area contributed by atoms with Gasteiger partial charge in [-0.25, -0.2) is 0 Å². The molecule has 0 unspecified atom stereocenters. The normalized spacial score (nSPS) is 18.2. The average Bonchev–Trinajstić information content (AvgIpc) is 2.17. The standard InChI is InChI=1S/C12H11ClO2/c13-9-4-1-3-8(7-9)12-10(14)5-2-6-11(12)15/h1,3-4,7,12H,2,5-6H2. The Kier molecular flexibility index (Phi) is 2.87. The van der Waals surface area contributed by atoms with Crippen LogP contribution in [0.4, 0.5) is 0 Å². The van der Waals surface area contributed by atoms with E-state index in [2.05, 4.69) is 0 Å². The maximum atomic E-state index is 11.7. The molecule has 1 aromatic rings. The smallest absolute Gasteiger partial charge is 0.147 e. The van der Waals surface area contributed by atoms with Crippen LogP contribution in [0.15, 0.2) is 24.3 Å². The first kappa shape index (κ1) is 10.4. The van der Waals surface area contributed by atoms with Gasteiger partial charge >= 0.3 is 0 Å². The van der Waals surface area contributed by atoms with E-state index in [0.29, 0.717) is 24.3 Å². The fourth-order valence-corrected chi connectivity index (χ4v) is 2.16. The molecule has 2 rings (SSSR count). The number of Topliss-reactive ketones (excluding diaryl/α,β-unsaturated/α-hetero) is 2. The third-order valence-electron chi connectivity index (χ3n) is 2.67. The molecule has 2 nitrogen and oxygen atoms in total. The Morgan fingerprint density at radius 1 is 1.13 bits per heavy atom. The van der Waals surface area contributed by atoms with Crippen molar-refractivity contribution in [3.05, 3.63) is 34.9 Å². The van der Waals surface area contributed by atoms with E-state index in [1.807, 2.05) is 0 Å². The minimum atomic E-state index is -0.572. The molecule has 1 fully saturated rings. The van der Waals surface area contributed by atoms with Crippen LogP contribution in [0.3, 0.4) is 0 Å². The van der Waals surface area contributed by atoms with E-state index in [-0.39, 0.29) is 11.6 Å². The van der Waals surface area contributed by atoms with Gasteiger partial charge in [0, 0.05) is 17.9 Å². The summed E-state index contributed by atoms with van der Waals surface area (Å²) in [5.74, 6) is -0.528. The number of ketones is 2. The Hall–Kier alpha value is -1.15. The van der Waals surface area contributed by atoms with Gasteiger partial charge < -0.3 is 0 Å². The predicted molar refractivity (Wildman–Crippen MR) is 58.1 cm³/mol. The average molecular weight is 223 g/mol. The van der Waals surface area contributed by atoms with Crippen molar-refractivity contribution in [2.75, 3.05) is 0 Å². The highest BCUT2D eigenvalue weighted by Gasteiger charge is 2.31. The number of carbonyl (C=O) groups excluding carboxylic acids is 2. The van der Waals surface area contributed by atoms with Crippen LogP contribution in [-0.4, -0.2) is 11.6 Å². The number of benzene rings is 1. The number of halogens is 1. The second kappa shape index (κ2) is 4.15. The Morgan fingerprint density at radius 3 is 2.40 bits per heavy atom. The third kappa shape index (κ3) is 2.10. The van der Waals surface area contributed by atoms with Crippen LogP contribution in [0, 0.1) is 0 Å². The molecule has 3 heteroatoms. The fourth-order valence-electron chi connectivity index (χ4n) is 1.96. The second-order valence-corrected chi connectivity index (χ2v) is 4.21. The molecule has 0 spiro atoms. The van der Waals surface area contributed by atoms with Gasteiger partial charge in [0.25, 0.3) is 0 Å². The summed E-state index contributed by atoms with van der Waals surface area (Å²) in [6.45, 7) is 0. The Balaban J connectivity index is 2.35. The molecule has 1 aliphatic carbocycles. The van der Waals surface area contributed by atoms with Gasteiger partial charge in [0.05, 0.1) is 0 Å². The topological polar surface area (TPSA) is 34.1 Å². The first-order valence-electron chi connectivity index (χ1n) is 4.99. The molecule has 0 N–H and O–H groups in total. The van der Waals surface area contributed by atoms with Crippen LogP contribution in [0.2, 0.25) is 5.02 Å². The summed E-state index contributed by atoms with van der Waals surface area (Å²) < 4.78 is 0. The molecule has 1 aliphatic rings. The Labute approximate surface area is 93.2 Å². The molecule has 0 amide bonds. The van der Waals surface area contributed by atoms with Gasteiger partial charge in [-0.15, -0.1) is 0 Å². The minimum absolute atomic E-state index is 0.0218. The Bertz CT molecular complexity index is 396. The van der Waals surface area contributed by atoms with Crippen LogP contribution in [-0.2, 0) is 9.59 Å². The minimum Gasteiger partial charge on any atom is -0.299 e. The van der Waals surface area contributed by atoms with Crippen LogP contribution in [0.5, 0.6) is 0 Å². The highest BCUT2D eigenvalue weighted by Crippen LogP contribution is 2.28. The molecule has 1 saturated carbocycles. The zero-order chi connectivity index (χ0) is 10.8. The molecule has 0 aromatic heterocycles. The molecule has 0 bridgehead atoms. The van der Waals surface area contributed by atoms with Crippen molar-refractivity contribution in [2.24, 2.45) is 0 Å². The van der Waals surface area contributed by atoms with Crippen molar-refractivity contribution in [3.63, 3.8) is 0 Å². The van der Waals surface area contributed by atoms with Gasteiger partial charge in [-0.2, -0.15) is 0 Å². The number of hydrogen-bond donors (Lipinski definition) is 0. The molecule has 0 radical (unpaired) electrons. The van der Waals surface area contributed by atoms with E-state index >= 15 is 0 Å². The molecular weight excluding hydrogens is 212 g/mol. The van der Waals surface area contributed by atoms with E-state index < -0.39 is 5.92 Å². The van der Waals surface area contributed by atoms with Crippen molar-refractivity contribution < 1.29 is 9.59 Å².